The van der Waals surface area contributed by atoms with Crippen molar-refractivity contribution in [2.75, 3.05) is 0 Å². The van der Waals surface area contributed by atoms with Gasteiger partial charge >= 0.3 is 5.97 Å². The van der Waals surface area contributed by atoms with Crippen molar-refractivity contribution in [2.24, 2.45) is 0 Å². The summed E-state index contributed by atoms with van der Waals surface area (Å²) in [6.07, 6.45) is 1.33. The Morgan fingerprint density at radius 2 is 2.25 bits per heavy atom. The van der Waals surface area contributed by atoms with Gasteiger partial charge in [-0.05, 0) is 20.8 Å². The van der Waals surface area contributed by atoms with Crippen LogP contribution in [0, 0.1) is 0 Å². The number of aromatic nitrogens is 3. The van der Waals surface area contributed by atoms with Gasteiger partial charge in [-0.15, -0.1) is 5.10 Å². The molecule has 5 nitrogen and oxygen atoms in total. The van der Waals surface area contributed by atoms with Gasteiger partial charge in [0.05, 0.1) is 0 Å². The van der Waals surface area contributed by atoms with E-state index in [1.54, 1.807) is 20.8 Å². The van der Waals surface area contributed by atoms with Crippen LogP contribution in [0.1, 0.15) is 31.4 Å². The van der Waals surface area contributed by atoms with Crippen LogP contribution in [0.15, 0.2) is 6.33 Å². The molecule has 0 spiro atoms. The van der Waals surface area contributed by atoms with Gasteiger partial charge < -0.3 is 4.74 Å². The second kappa shape index (κ2) is 2.92. The molecular weight excluding hydrogens is 158 g/mol. The van der Waals surface area contributed by atoms with E-state index < -0.39 is 11.6 Å². The molecule has 1 aromatic rings. The molecule has 1 rings (SSSR count). The zero-order valence-electron chi connectivity index (χ0n) is 7.29. The lowest BCUT2D eigenvalue weighted by Crippen LogP contribution is -2.24. The SMILES string of the molecule is CC(C)(C)OC(=O)c1nc[nH]n1. The van der Waals surface area contributed by atoms with Crippen LogP contribution in [-0.2, 0) is 4.74 Å². The van der Waals surface area contributed by atoms with Gasteiger partial charge in [-0.25, -0.2) is 9.78 Å². The highest BCUT2D eigenvalue weighted by molar-refractivity contribution is 5.85. The Balaban J connectivity index is 2.63. The molecule has 5 heteroatoms. The zero-order chi connectivity index (χ0) is 9.19. The van der Waals surface area contributed by atoms with Crippen molar-refractivity contribution in [1.29, 1.82) is 0 Å². The third-order valence-corrected chi connectivity index (χ3v) is 0.996. The standard InChI is InChI=1S/C7H11N3O2/c1-7(2,3)12-6(11)5-8-4-9-10-5/h4H,1-3H3,(H,8,9,10). The van der Waals surface area contributed by atoms with Crippen LogP contribution in [0.5, 0.6) is 0 Å². The second-order valence-corrected chi connectivity index (χ2v) is 3.32. The lowest BCUT2D eigenvalue weighted by Gasteiger charge is -2.17. The van der Waals surface area contributed by atoms with Gasteiger partial charge in [-0.3, -0.25) is 5.10 Å². The summed E-state index contributed by atoms with van der Waals surface area (Å²) in [7, 11) is 0. The molecule has 0 aliphatic heterocycles. The van der Waals surface area contributed by atoms with Gasteiger partial charge in [-0.2, -0.15) is 0 Å². The number of nitrogens with one attached hydrogen (secondary N) is 1. The maximum atomic E-state index is 11.2. The molecule has 12 heavy (non-hydrogen) atoms. The van der Waals surface area contributed by atoms with E-state index in [1.807, 2.05) is 0 Å². The number of nitrogens with zero attached hydrogens (tertiary/aromatic N) is 2. The van der Waals surface area contributed by atoms with Crippen LogP contribution >= 0.6 is 0 Å². The molecule has 0 aromatic carbocycles. The number of rotatable bonds is 1. The normalized spacial score (nSPS) is 11.2. The summed E-state index contributed by atoms with van der Waals surface area (Å²) < 4.78 is 5.00. The average molecular weight is 169 g/mol. The van der Waals surface area contributed by atoms with Crippen LogP contribution in [0.2, 0.25) is 0 Å². The maximum Gasteiger partial charge on any atom is 0.378 e. The highest BCUT2D eigenvalue weighted by Crippen LogP contribution is 2.08. The molecule has 0 fully saturated rings. The molecule has 0 atom stereocenters. The van der Waals surface area contributed by atoms with Crippen LogP contribution in [-0.4, -0.2) is 26.8 Å². The van der Waals surface area contributed by atoms with Gasteiger partial charge in [0.1, 0.15) is 11.9 Å². The molecule has 0 aliphatic rings. The number of hydrogen-bond acceptors (Lipinski definition) is 4. The number of esters is 1. The lowest BCUT2D eigenvalue weighted by molar-refractivity contribution is 0.00562. The van der Waals surface area contributed by atoms with E-state index in [1.165, 1.54) is 6.33 Å². The van der Waals surface area contributed by atoms with Crippen molar-refractivity contribution in [2.45, 2.75) is 26.4 Å². The Morgan fingerprint density at radius 1 is 1.58 bits per heavy atom. The Kier molecular flexibility index (Phi) is 2.12. The van der Waals surface area contributed by atoms with E-state index in [9.17, 15) is 4.79 Å². The fourth-order valence-electron chi connectivity index (χ4n) is 0.631. The second-order valence-electron chi connectivity index (χ2n) is 3.32. The first-order chi connectivity index (χ1) is 5.49. The van der Waals surface area contributed by atoms with Gasteiger partial charge in [-0.1, -0.05) is 0 Å². The third-order valence-electron chi connectivity index (χ3n) is 0.996. The Morgan fingerprint density at radius 3 is 2.67 bits per heavy atom. The highest BCUT2D eigenvalue weighted by atomic mass is 16.6. The van der Waals surface area contributed by atoms with Crippen molar-refractivity contribution >= 4 is 5.97 Å². The first kappa shape index (κ1) is 8.70. The summed E-state index contributed by atoms with van der Waals surface area (Å²) in [5, 5.41) is 6.02. The van der Waals surface area contributed by atoms with Crippen LogP contribution < -0.4 is 0 Å². The largest absolute Gasteiger partial charge is 0.454 e. The maximum absolute atomic E-state index is 11.2. The van der Waals surface area contributed by atoms with Crippen molar-refractivity contribution in [1.82, 2.24) is 15.2 Å². The zero-order valence-corrected chi connectivity index (χ0v) is 7.29. The smallest absolute Gasteiger partial charge is 0.378 e. The molecule has 1 heterocycles. The van der Waals surface area contributed by atoms with Crippen LogP contribution in [0.25, 0.3) is 0 Å². The molecule has 0 radical (unpaired) electrons. The topological polar surface area (TPSA) is 67.9 Å². The Hall–Kier alpha value is -1.39. The van der Waals surface area contributed by atoms with Crippen molar-refractivity contribution in [3.63, 3.8) is 0 Å². The molecular formula is C7H11N3O2. The van der Waals surface area contributed by atoms with E-state index in [2.05, 4.69) is 15.2 Å². The molecule has 1 N–H and O–H groups in total. The summed E-state index contributed by atoms with van der Waals surface area (Å²) >= 11 is 0. The highest BCUT2D eigenvalue weighted by Gasteiger charge is 2.19. The fourth-order valence-corrected chi connectivity index (χ4v) is 0.631. The molecule has 0 amide bonds. The molecule has 0 aliphatic carbocycles. The fraction of sp³-hybridized carbons (Fsp3) is 0.571. The summed E-state index contributed by atoms with van der Waals surface area (Å²) in [6, 6.07) is 0. The molecule has 0 saturated carbocycles. The number of hydrogen-bond donors (Lipinski definition) is 1. The van der Waals surface area contributed by atoms with E-state index in [4.69, 9.17) is 4.74 Å². The minimum atomic E-state index is -0.510. The number of aromatic amines is 1. The molecule has 66 valence electrons. The summed E-state index contributed by atoms with van der Waals surface area (Å²) in [5.41, 5.74) is -0.502. The van der Waals surface area contributed by atoms with E-state index in [0.717, 1.165) is 0 Å². The Labute approximate surface area is 70.1 Å². The molecule has 1 aromatic heterocycles. The number of ether oxygens (including phenoxy) is 1. The number of carbonyl (C=O) groups is 1. The van der Waals surface area contributed by atoms with Gasteiger partial charge in [0, 0.05) is 0 Å². The quantitative estimate of drug-likeness (QED) is 0.630. The third kappa shape index (κ3) is 2.34. The molecule has 0 bridgehead atoms. The molecule has 0 saturated heterocycles. The van der Waals surface area contributed by atoms with E-state index in [-0.39, 0.29) is 5.82 Å². The predicted octanol–water partition coefficient (Wildman–Crippen LogP) is 0.760. The van der Waals surface area contributed by atoms with Crippen molar-refractivity contribution in [3.05, 3.63) is 12.2 Å². The van der Waals surface area contributed by atoms with Gasteiger partial charge in [0.25, 0.3) is 5.82 Å². The van der Waals surface area contributed by atoms with Crippen molar-refractivity contribution in [3.8, 4) is 0 Å². The average Bonchev–Trinajstić information content (AvgIpc) is 2.32. The number of carbonyl (C=O) groups excluding carboxylic acids is 1. The first-order valence-corrected chi connectivity index (χ1v) is 3.58. The summed E-state index contributed by atoms with van der Waals surface area (Å²) in [4.78, 5) is 14.8. The number of H-pyrrole nitrogens is 1. The van der Waals surface area contributed by atoms with E-state index in [0.29, 0.717) is 0 Å². The monoisotopic (exact) mass is 169 g/mol. The minimum Gasteiger partial charge on any atom is -0.454 e. The summed E-state index contributed by atoms with van der Waals surface area (Å²) in [5.74, 6) is -0.450. The van der Waals surface area contributed by atoms with Gasteiger partial charge in [0.2, 0.25) is 0 Å². The summed E-state index contributed by atoms with van der Waals surface area (Å²) in [6.45, 7) is 5.37. The van der Waals surface area contributed by atoms with Crippen LogP contribution in [0.3, 0.4) is 0 Å². The predicted molar refractivity (Wildman–Crippen MR) is 41.6 cm³/mol. The van der Waals surface area contributed by atoms with Gasteiger partial charge in [0.15, 0.2) is 0 Å². The Bertz CT molecular complexity index is 261. The first-order valence-electron chi connectivity index (χ1n) is 3.58. The van der Waals surface area contributed by atoms with Crippen molar-refractivity contribution < 1.29 is 9.53 Å². The molecule has 0 unspecified atom stereocenters. The lowest BCUT2D eigenvalue weighted by atomic mass is 10.2. The minimum absolute atomic E-state index is 0.0601. The van der Waals surface area contributed by atoms with Crippen LogP contribution in [0.4, 0.5) is 0 Å². The van der Waals surface area contributed by atoms with E-state index >= 15 is 0 Å².